The Balaban J connectivity index is 0.000000280. The van der Waals surface area contributed by atoms with Gasteiger partial charge in [0.25, 0.3) is 0 Å². The van der Waals surface area contributed by atoms with Crippen molar-refractivity contribution in [3.8, 4) is 0 Å². The topological polar surface area (TPSA) is 36.9 Å². The molecule has 0 aromatic rings. The highest BCUT2D eigenvalue weighted by Gasteiger charge is 2.41. The average molecular weight is 433 g/mol. The third-order valence-corrected chi connectivity index (χ3v) is 14.0. The normalized spacial score (nSPS) is 19.9. The zero-order chi connectivity index (χ0) is 20.9. The molecule has 0 aromatic carbocycles. The molecule has 2 aliphatic rings. The van der Waals surface area contributed by atoms with Gasteiger partial charge in [-0.3, -0.25) is 0 Å². The quantitative estimate of drug-likeness (QED) is 0.351. The molecule has 0 bridgehead atoms. The van der Waals surface area contributed by atoms with Crippen LogP contribution in [0.4, 0.5) is 0 Å². The van der Waals surface area contributed by atoms with Crippen molar-refractivity contribution in [3.05, 3.63) is 0 Å². The molecule has 2 fully saturated rings. The van der Waals surface area contributed by atoms with Gasteiger partial charge in [-0.15, -0.1) is 0 Å². The first-order valence-electron chi connectivity index (χ1n) is 12.0. The van der Waals surface area contributed by atoms with Gasteiger partial charge >= 0.3 is 17.1 Å². The maximum absolute atomic E-state index is 5.93. The molecule has 0 aromatic heterocycles. The summed E-state index contributed by atoms with van der Waals surface area (Å²) in [6.45, 7) is 16.0. The average Bonchev–Trinajstić information content (AvgIpc) is 2.71. The van der Waals surface area contributed by atoms with E-state index in [0.29, 0.717) is 0 Å². The highest BCUT2D eigenvalue weighted by atomic mass is 28.4. The van der Waals surface area contributed by atoms with E-state index in [1.807, 2.05) is 0 Å². The monoisotopic (exact) mass is 432 g/mol. The Morgan fingerprint density at radius 1 is 0.500 bits per heavy atom. The Labute approximate surface area is 177 Å². The summed E-state index contributed by atoms with van der Waals surface area (Å²) in [6, 6.07) is 0. The minimum Gasteiger partial charge on any atom is -0.394 e. The molecule has 0 spiro atoms. The van der Waals surface area contributed by atoms with Gasteiger partial charge in [-0.25, -0.2) is 0 Å². The van der Waals surface area contributed by atoms with Crippen molar-refractivity contribution in [1.82, 2.24) is 0 Å². The van der Waals surface area contributed by atoms with Gasteiger partial charge in [0.15, 0.2) is 0 Å². The summed E-state index contributed by atoms with van der Waals surface area (Å²) >= 11 is 0. The molecular formula is C22H48O4Si2. The highest BCUT2D eigenvalue weighted by molar-refractivity contribution is 6.68. The molecule has 0 amide bonds. The molecule has 0 radical (unpaired) electrons. The zero-order valence-corrected chi connectivity index (χ0v) is 21.7. The number of hydrogen-bond donors (Lipinski definition) is 0. The van der Waals surface area contributed by atoms with Crippen LogP contribution < -0.4 is 0 Å². The summed E-state index contributed by atoms with van der Waals surface area (Å²) < 4.78 is 23.7. The molecule has 4 nitrogen and oxygen atoms in total. The van der Waals surface area contributed by atoms with Crippen LogP contribution in [0.25, 0.3) is 0 Å². The van der Waals surface area contributed by atoms with Crippen LogP contribution in [0.3, 0.4) is 0 Å². The second kappa shape index (κ2) is 14.3. The van der Waals surface area contributed by atoms with Crippen LogP contribution >= 0.6 is 0 Å². The molecule has 0 N–H and O–H groups in total. The minimum absolute atomic E-state index is 0.733. The fourth-order valence-electron chi connectivity index (χ4n) is 4.96. The van der Waals surface area contributed by atoms with E-state index >= 15 is 0 Å². The Bertz CT molecular complexity index is 335. The van der Waals surface area contributed by atoms with Crippen LogP contribution in [0, 0.1) is 0 Å². The van der Waals surface area contributed by atoms with Gasteiger partial charge in [0, 0.05) is 37.5 Å². The molecule has 0 unspecified atom stereocenters. The number of rotatable bonds is 10. The maximum atomic E-state index is 5.93. The van der Waals surface area contributed by atoms with E-state index in [1.165, 1.54) is 64.2 Å². The zero-order valence-electron chi connectivity index (χ0n) is 19.7. The second-order valence-corrected chi connectivity index (χ2v) is 15.3. The van der Waals surface area contributed by atoms with E-state index in [9.17, 15) is 0 Å². The Morgan fingerprint density at radius 3 is 0.964 bits per heavy atom. The first kappa shape index (κ1) is 26.3. The summed E-state index contributed by atoms with van der Waals surface area (Å²) in [5.74, 6) is 0. The van der Waals surface area contributed by atoms with E-state index < -0.39 is 17.1 Å². The maximum Gasteiger partial charge on any atom is 0.338 e. The van der Waals surface area contributed by atoms with Crippen molar-refractivity contribution in [3.63, 3.8) is 0 Å². The van der Waals surface area contributed by atoms with Crippen molar-refractivity contribution in [1.29, 1.82) is 0 Å². The van der Waals surface area contributed by atoms with Crippen molar-refractivity contribution in [2.45, 2.75) is 116 Å². The molecule has 0 heterocycles. The Morgan fingerprint density at radius 2 is 0.750 bits per heavy atom. The molecule has 2 rings (SSSR count). The van der Waals surface area contributed by atoms with Gasteiger partial charge in [0.1, 0.15) is 0 Å². The van der Waals surface area contributed by atoms with Gasteiger partial charge in [0.2, 0.25) is 0 Å². The van der Waals surface area contributed by atoms with Crippen molar-refractivity contribution >= 4 is 17.1 Å². The smallest absolute Gasteiger partial charge is 0.338 e. The Hall–Kier alpha value is 0.274. The Kier molecular flexibility index (Phi) is 13.4. The fourth-order valence-corrected chi connectivity index (χ4v) is 11.3. The fraction of sp³-hybridized carbons (Fsp3) is 1.00. The molecule has 2 aliphatic carbocycles. The SMILES string of the molecule is CCO[Si](C)(OCC)C1CCCCC1.CCO[Si](C)(OCC)C1CCCCC1. The van der Waals surface area contributed by atoms with E-state index in [2.05, 4.69) is 40.8 Å². The summed E-state index contributed by atoms with van der Waals surface area (Å²) in [6.07, 6.45) is 13.6. The first-order chi connectivity index (χ1) is 13.5. The molecule has 2 saturated carbocycles. The van der Waals surface area contributed by atoms with Crippen LogP contribution in [0.5, 0.6) is 0 Å². The predicted octanol–water partition coefficient (Wildman–Crippen LogP) is 6.93. The molecule has 168 valence electrons. The van der Waals surface area contributed by atoms with Gasteiger partial charge in [-0.2, -0.15) is 0 Å². The van der Waals surface area contributed by atoms with Crippen LogP contribution in [0.2, 0.25) is 24.2 Å². The van der Waals surface area contributed by atoms with Crippen molar-refractivity contribution in [2.24, 2.45) is 0 Å². The highest BCUT2D eigenvalue weighted by Crippen LogP contribution is 2.39. The van der Waals surface area contributed by atoms with Gasteiger partial charge in [-0.05, 0) is 66.5 Å². The lowest BCUT2D eigenvalue weighted by atomic mass is 10.0. The van der Waals surface area contributed by atoms with Crippen LogP contribution in [-0.2, 0) is 17.7 Å². The minimum atomic E-state index is -1.85. The third kappa shape index (κ3) is 8.56. The molecule has 0 aliphatic heterocycles. The lowest BCUT2D eigenvalue weighted by molar-refractivity contribution is 0.170. The second-order valence-electron chi connectivity index (χ2n) is 8.43. The van der Waals surface area contributed by atoms with E-state index in [4.69, 9.17) is 17.7 Å². The van der Waals surface area contributed by atoms with Crippen molar-refractivity contribution < 1.29 is 17.7 Å². The van der Waals surface area contributed by atoms with Crippen LogP contribution in [0.1, 0.15) is 91.9 Å². The van der Waals surface area contributed by atoms with E-state index in [0.717, 1.165) is 37.5 Å². The predicted molar refractivity (Wildman–Crippen MR) is 123 cm³/mol. The summed E-state index contributed by atoms with van der Waals surface area (Å²) in [5.41, 5.74) is 1.47. The summed E-state index contributed by atoms with van der Waals surface area (Å²) in [5, 5.41) is 0. The molecule has 28 heavy (non-hydrogen) atoms. The standard InChI is InChI=1S/2C11H24O2Si/c2*1-4-12-14(3,13-5-2)11-9-7-6-8-10-11/h2*11H,4-10H2,1-3H3. The van der Waals surface area contributed by atoms with Crippen LogP contribution in [0.15, 0.2) is 0 Å². The lowest BCUT2D eigenvalue weighted by Crippen LogP contribution is -2.44. The van der Waals surface area contributed by atoms with Crippen LogP contribution in [-0.4, -0.2) is 43.5 Å². The van der Waals surface area contributed by atoms with Gasteiger partial charge in [-0.1, -0.05) is 38.5 Å². The summed E-state index contributed by atoms with van der Waals surface area (Å²) in [4.78, 5) is 0. The molecule has 0 saturated heterocycles. The number of hydrogen-bond acceptors (Lipinski definition) is 4. The molecule has 0 atom stereocenters. The van der Waals surface area contributed by atoms with E-state index in [-0.39, 0.29) is 0 Å². The van der Waals surface area contributed by atoms with E-state index in [1.54, 1.807) is 0 Å². The van der Waals surface area contributed by atoms with Gasteiger partial charge in [0.05, 0.1) is 0 Å². The summed E-state index contributed by atoms with van der Waals surface area (Å²) in [7, 11) is -3.70. The molecule has 6 heteroatoms. The van der Waals surface area contributed by atoms with Gasteiger partial charge < -0.3 is 17.7 Å². The third-order valence-electron chi connectivity index (χ3n) is 6.42. The largest absolute Gasteiger partial charge is 0.394 e. The first-order valence-corrected chi connectivity index (χ1v) is 16.8. The lowest BCUT2D eigenvalue weighted by Gasteiger charge is -2.36. The molecular weight excluding hydrogens is 384 g/mol. The van der Waals surface area contributed by atoms with Crippen molar-refractivity contribution in [2.75, 3.05) is 26.4 Å².